The second-order valence-corrected chi connectivity index (χ2v) is 4.85. The Morgan fingerprint density at radius 2 is 1.94 bits per heavy atom. The lowest BCUT2D eigenvalue weighted by Crippen LogP contribution is -2.16. The molecular weight excluding hydrogens is 200 g/mol. The summed E-state index contributed by atoms with van der Waals surface area (Å²) in [6, 6.07) is 0. The van der Waals surface area contributed by atoms with E-state index in [0.717, 1.165) is 30.6 Å². The Bertz CT molecular complexity index is 272. The van der Waals surface area contributed by atoms with Crippen LogP contribution in [0.1, 0.15) is 52.9 Å². The molecule has 1 unspecified atom stereocenters. The van der Waals surface area contributed by atoms with Gasteiger partial charge in [-0.3, -0.25) is 4.79 Å². The minimum atomic E-state index is 0.259. The second kappa shape index (κ2) is 6.07. The van der Waals surface area contributed by atoms with E-state index in [-0.39, 0.29) is 5.92 Å². The van der Waals surface area contributed by atoms with Gasteiger partial charge in [0.05, 0.1) is 7.11 Å². The summed E-state index contributed by atoms with van der Waals surface area (Å²) in [5.41, 5.74) is 0.851. The lowest BCUT2D eigenvalue weighted by molar-refractivity contribution is -0.119. The molecule has 0 spiro atoms. The number of ketones is 1. The first kappa shape index (κ1) is 13.3. The number of carbonyl (C=O) groups is 1. The largest absolute Gasteiger partial charge is 0.500 e. The van der Waals surface area contributed by atoms with Gasteiger partial charge < -0.3 is 4.74 Å². The number of carbonyl (C=O) groups excluding carboxylic acids is 1. The zero-order valence-corrected chi connectivity index (χ0v) is 11.0. The third-order valence-corrected chi connectivity index (χ3v) is 3.75. The van der Waals surface area contributed by atoms with Gasteiger partial charge in [-0.2, -0.15) is 0 Å². The summed E-state index contributed by atoms with van der Waals surface area (Å²) < 4.78 is 5.40. The number of hydrogen-bond donors (Lipinski definition) is 0. The maximum Gasteiger partial charge on any atom is 0.165 e. The van der Waals surface area contributed by atoms with Crippen molar-refractivity contribution >= 4 is 5.78 Å². The van der Waals surface area contributed by atoms with Gasteiger partial charge in [0.25, 0.3) is 0 Å². The molecule has 16 heavy (non-hydrogen) atoms. The molecule has 0 aromatic carbocycles. The SMILES string of the molecule is CCC(C)/C(OC)=C(\C)C(=O)C1CCCC1. The standard InChI is InChI=1S/C14H24O2/c1-5-10(2)14(16-4)11(3)13(15)12-8-6-7-9-12/h10,12H,5-9H2,1-4H3/b14-11-. The highest BCUT2D eigenvalue weighted by atomic mass is 16.5. The van der Waals surface area contributed by atoms with Gasteiger partial charge in [-0.15, -0.1) is 0 Å². The van der Waals surface area contributed by atoms with Crippen LogP contribution in [0.3, 0.4) is 0 Å². The van der Waals surface area contributed by atoms with Crippen LogP contribution in [0.5, 0.6) is 0 Å². The van der Waals surface area contributed by atoms with Gasteiger partial charge in [0, 0.05) is 17.4 Å². The van der Waals surface area contributed by atoms with Crippen molar-refractivity contribution in [3.63, 3.8) is 0 Å². The molecule has 1 saturated carbocycles. The molecule has 1 aliphatic carbocycles. The maximum atomic E-state index is 12.2. The van der Waals surface area contributed by atoms with Gasteiger partial charge in [-0.25, -0.2) is 0 Å². The predicted molar refractivity (Wildman–Crippen MR) is 66.1 cm³/mol. The minimum Gasteiger partial charge on any atom is -0.500 e. The smallest absolute Gasteiger partial charge is 0.165 e. The van der Waals surface area contributed by atoms with E-state index in [1.54, 1.807) is 7.11 Å². The Morgan fingerprint density at radius 3 is 2.38 bits per heavy atom. The molecule has 0 heterocycles. The van der Waals surface area contributed by atoms with Crippen molar-refractivity contribution in [1.29, 1.82) is 0 Å². The van der Waals surface area contributed by atoms with Gasteiger partial charge >= 0.3 is 0 Å². The van der Waals surface area contributed by atoms with Crippen LogP contribution < -0.4 is 0 Å². The molecule has 0 amide bonds. The number of Topliss-reactive ketones (excluding diaryl/α,β-unsaturated/α-hetero) is 1. The molecule has 1 atom stereocenters. The highest BCUT2D eigenvalue weighted by Gasteiger charge is 2.26. The molecular formula is C14H24O2. The summed E-state index contributed by atoms with van der Waals surface area (Å²) in [4.78, 5) is 12.2. The Labute approximate surface area is 99.1 Å². The summed E-state index contributed by atoms with van der Waals surface area (Å²) in [6.07, 6.45) is 5.55. The second-order valence-electron chi connectivity index (χ2n) is 4.85. The number of allylic oxidation sites excluding steroid dienone is 2. The Hall–Kier alpha value is -0.790. The van der Waals surface area contributed by atoms with E-state index in [0.29, 0.717) is 11.7 Å². The molecule has 92 valence electrons. The van der Waals surface area contributed by atoms with Crippen LogP contribution in [0.4, 0.5) is 0 Å². The van der Waals surface area contributed by atoms with Crippen molar-refractivity contribution in [2.24, 2.45) is 11.8 Å². The number of rotatable bonds is 5. The van der Waals surface area contributed by atoms with Crippen molar-refractivity contribution in [3.05, 3.63) is 11.3 Å². The zero-order valence-electron chi connectivity index (χ0n) is 11.0. The zero-order chi connectivity index (χ0) is 12.1. The van der Waals surface area contributed by atoms with Crippen LogP contribution in [0.2, 0.25) is 0 Å². The lowest BCUT2D eigenvalue weighted by atomic mass is 9.93. The van der Waals surface area contributed by atoms with Gasteiger partial charge in [0.15, 0.2) is 5.78 Å². The Morgan fingerprint density at radius 1 is 1.38 bits per heavy atom. The van der Waals surface area contributed by atoms with E-state index in [1.807, 2.05) is 6.92 Å². The van der Waals surface area contributed by atoms with Gasteiger partial charge in [0.1, 0.15) is 5.76 Å². The van der Waals surface area contributed by atoms with Crippen molar-refractivity contribution in [1.82, 2.24) is 0 Å². The van der Waals surface area contributed by atoms with Crippen LogP contribution in [0.15, 0.2) is 11.3 Å². The molecule has 1 aliphatic rings. The summed E-state index contributed by atoms with van der Waals surface area (Å²) in [7, 11) is 1.67. The first-order valence-corrected chi connectivity index (χ1v) is 6.40. The average molecular weight is 224 g/mol. The van der Waals surface area contributed by atoms with Crippen molar-refractivity contribution in [2.45, 2.75) is 52.9 Å². The van der Waals surface area contributed by atoms with Crippen LogP contribution in [-0.2, 0) is 9.53 Å². The molecule has 1 rings (SSSR count). The number of hydrogen-bond acceptors (Lipinski definition) is 2. The average Bonchev–Trinajstić information content (AvgIpc) is 2.81. The predicted octanol–water partition coefficient (Wildman–Crippen LogP) is 3.71. The summed E-state index contributed by atoms with van der Waals surface area (Å²) in [6.45, 7) is 6.16. The van der Waals surface area contributed by atoms with E-state index < -0.39 is 0 Å². The van der Waals surface area contributed by atoms with E-state index >= 15 is 0 Å². The first-order chi connectivity index (χ1) is 7.61. The Balaban J connectivity index is 2.82. The molecule has 2 heteroatoms. The molecule has 0 aromatic rings. The fourth-order valence-corrected chi connectivity index (χ4v) is 2.52. The highest BCUT2D eigenvalue weighted by Crippen LogP contribution is 2.30. The van der Waals surface area contributed by atoms with Crippen LogP contribution in [-0.4, -0.2) is 12.9 Å². The van der Waals surface area contributed by atoms with Gasteiger partial charge in [-0.1, -0.05) is 26.7 Å². The Kier molecular flexibility index (Phi) is 5.04. The fraction of sp³-hybridized carbons (Fsp3) is 0.786. The molecule has 0 bridgehead atoms. The minimum absolute atomic E-state index is 0.259. The van der Waals surface area contributed by atoms with Gasteiger partial charge in [0.2, 0.25) is 0 Å². The third kappa shape index (κ3) is 2.87. The number of ether oxygens (including phenoxy) is 1. The molecule has 0 N–H and O–H groups in total. The monoisotopic (exact) mass is 224 g/mol. The summed E-state index contributed by atoms with van der Waals surface area (Å²) in [5.74, 6) is 1.80. The molecule has 0 aliphatic heterocycles. The molecule has 0 aromatic heterocycles. The van der Waals surface area contributed by atoms with Crippen molar-refractivity contribution in [2.75, 3.05) is 7.11 Å². The quantitative estimate of drug-likeness (QED) is 0.525. The van der Waals surface area contributed by atoms with E-state index in [9.17, 15) is 4.79 Å². The van der Waals surface area contributed by atoms with Crippen molar-refractivity contribution in [3.8, 4) is 0 Å². The van der Waals surface area contributed by atoms with Crippen molar-refractivity contribution < 1.29 is 9.53 Å². The summed E-state index contributed by atoms with van der Waals surface area (Å²) >= 11 is 0. The van der Waals surface area contributed by atoms with Crippen LogP contribution in [0, 0.1) is 11.8 Å². The van der Waals surface area contributed by atoms with E-state index in [4.69, 9.17) is 4.74 Å². The van der Waals surface area contributed by atoms with E-state index in [2.05, 4.69) is 13.8 Å². The van der Waals surface area contributed by atoms with Crippen LogP contribution in [0.25, 0.3) is 0 Å². The third-order valence-electron chi connectivity index (χ3n) is 3.75. The molecule has 2 nitrogen and oxygen atoms in total. The molecule has 0 radical (unpaired) electrons. The maximum absolute atomic E-state index is 12.2. The highest BCUT2D eigenvalue weighted by molar-refractivity contribution is 5.97. The summed E-state index contributed by atoms with van der Waals surface area (Å²) in [5, 5.41) is 0. The lowest BCUT2D eigenvalue weighted by Gasteiger charge is -2.17. The number of methoxy groups -OCH3 is 1. The molecule has 1 fully saturated rings. The van der Waals surface area contributed by atoms with Crippen LogP contribution >= 0.6 is 0 Å². The molecule has 0 saturated heterocycles. The van der Waals surface area contributed by atoms with Gasteiger partial charge in [-0.05, 0) is 26.2 Å². The van der Waals surface area contributed by atoms with E-state index in [1.165, 1.54) is 12.8 Å². The first-order valence-electron chi connectivity index (χ1n) is 6.40. The topological polar surface area (TPSA) is 26.3 Å². The normalized spacial score (nSPS) is 20.5. The fourth-order valence-electron chi connectivity index (χ4n) is 2.52.